The van der Waals surface area contributed by atoms with Gasteiger partial charge in [-0.2, -0.15) is 0 Å². The number of anilines is 2. The number of aliphatic hydroxyl groups excluding tert-OH is 1. The maximum atomic E-state index is 13.3. The van der Waals surface area contributed by atoms with Crippen LogP contribution in [0.5, 0.6) is 0 Å². The van der Waals surface area contributed by atoms with E-state index in [1.807, 2.05) is 0 Å². The van der Waals surface area contributed by atoms with E-state index in [1.165, 1.54) is 11.0 Å². The molecule has 0 saturated carbocycles. The molecule has 176 valence electrons. The lowest BCUT2D eigenvalue weighted by Gasteiger charge is -2.33. The second kappa shape index (κ2) is 8.04. The maximum Gasteiger partial charge on any atom is 0.260 e. The first kappa shape index (κ1) is 21.0. The minimum atomic E-state index is -1.42. The van der Waals surface area contributed by atoms with E-state index in [-0.39, 0.29) is 35.6 Å². The van der Waals surface area contributed by atoms with E-state index in [1.54, 1.807) is 53.6 Å². The van der Waals surface area contributed by atoms with Crippen LogP contribution in [0.1, 0.15) is 11.8 Å². The first-order chi connectivity index (χ1) is 17.0. The summed E-state index contributed by atoms with van der Waals surface area (Å²) < 4.78 is 12.5. The van der Waals surface area contributed by atoms with Crippen LogP contribution in [-0.4, -0.2) is 55.2 Å². The summed E-state index contributed by atoms with van der Waals surface area (Å²) in [4.78, 5) is 34.6. The Kier molecular flexibility index (Phi) is 4.83. The molecular formula is C23H19N7O5. The quantitative estimate of drug-likeness (QED) is 0.349. The monoisotopic (exact) mass is 473 g/mol. The van der Waals surface area contributed by atoms with Crippen LogP contribution in [0.25, 0.3) is 27.6 Å². The number of pyridine rings is 2. The summed E-state index contributed by atoms with van der Waals surface area (Å²) >= 11 is 0. The number of nitrogen functional groups attached to an aromatic ring is 1. The molecule has 5 aromatic rings. The third-order valence-electron chi connectivity index (χ3n) is 5.99. The lowest BCUT2D eigenvalue weighted by atomic mass is 10.0. The fourth-order valence-electron chi connectivity index (χ4n) is 4.26. The Labute approximate surface area is 196 Å². The first-order valence-corrected chi connectivity index (χ1v) is 10.8. The Morgan fingerprint density at radius 1 is 1.17 bits per heavy atom. The van der Waals surface area contributed by atoms with Gasteiger partial charge in [0.15, 0.2) is 28.8 Å². The summed E-state index contributed by atoms with van der Waals surface area (Å²) in [6.45, 7) is 0.458. The van der Waals surface area contributed by atoms with Gasteiger partial charge in [-0.25, -0.2) is 4.68 Å². The third-order valence-corrected chi connectivity index (χ3v) is 5.99. The smallest absolute Gasteiger partial charge is 0.260 e. The number of aromatic amines is 1. The summed E-state index contributed by atoms with van der Waals surface area (Å²) in [7, 11) is 0. The van der Waals surface area contributed by atoms with Crippen molar-refractivity contribution in [3.63, 3.8) is 0 Å². The zero-order chi connectivity index (χ0) is 24.1. The predicted molar refractivity (Wildman–Crippen MR) is 125 cm³/mol. The average molecular weight is 473 g/mol. The van der Waals surface area contributed by atoms with E-state index in [0.717, 1.165) is 5.69 Å². The van der Waals surface area contributed by atoms with Crippen LogP contribution >= 0.6 is 0 Å². The Hall–Kier alpha value is -4.55. The molecule has 0 spiro atoms. The largest absolute Gasteiger partial charge is 0.384 e. The zero-order valence-electron chi connectivity index (χ0n) is 18.2. The minimum Gasteiger partial charge on any atom is -0.384 e. The number of carbonyl (C=O) groups is 1. The number of nitrogens with zero attached hydrogens (tertiary/aromatic N) is 5. The SMILES string of the molecule is Nc1noc2c1ccc1[nH]c(C(O)C3OCCN(c4ccn(-c5ccncc5)n4)C3=O)cc(=O)c12. The summed E-state index contributed by atoms with van der Waals surface area (Å²) in [6.07, 6.45) is 2.38. The molecule has 1 aliphatic rings. The summed E-state index contributed by atoms with van der Waals surface area (Å²) in [6, 6.07) is 9.82. The molecule has 35 heavy (non-hydrogen) atoms. The van der Waals surface area contributed by atoms with Crippen LogP contribution in [0, 0.1) is 0 Å². The van der Waals surface area contributed by atoms with Gasteiger partial charge >= 0.3 is 0 Å². The maximum absolute atomic E-state index is 13.3. The van der Waals surface area contributed by atoms with Crippen molar-refractivity contribution in [1.29, 1.82) is 0 Å². The van der Waals surface area contributed by atoms with Crippen molar-refractivity contribution >= 4 is 39.4 Å². The molecular weight excluding hydrogens is 454 g/mol. The normalized spacial score (nSPS) is 17.3. The van der Waals surface area contributed by atoms with Gasteiger partial charge in [0.25, 0.3) is 5.91 Å². The molecule has 0 aliphatic carbocycles. The molecule has 6 rings (SSSR count). The second-order valence-corrected chi connectivity index (χ2v) is 8.07. The minimum absolute atomic E-state index is 0.136. The van der Waals surface area contributed by atoms with E-state index in [9.17, 15) is 14.7 Å². The fourth-order valence-corrected chi connectivity index (χ4v) is 4.26. The average Bonchev–Trinajstić information content (AvgIpc) is 3.51. The van der Waals surface area contributed by atoms with Gasteiger partial charge in [-0.05, 0) is 24.3 Å². The highest BCUT2D eigenvalue weighted by Crippen LogP contribution is 2.29. The lowest BCUT2D eigenvalue weighted by molar-refractivity contribution is -0.143. The molecule has 4 N–H and O–H groups in total. The van der Waals surface area contributed by atoms with Crippen molar-refractivity contribution in [3.8, 4) is 5.69 Å². The molecule has 1 saturated heterocycles. The number of hydrogen-bond donors (Lipinski definition) is 3. The number of carbonyl (C=O) groups excluding carboxylic acids is 1. The lowest BCUT2D eigenvalue weighted by Crippen LogP contribution is -2.50. The number of ether oxygens (including phenoxy) is 1. The number of aromatic nitrogens is 5. The van der Waals surface area contributed by atoms with Crippen molar-refractivity contribution in [2.45, 2.75) is 12.2 Å². The molecule has 12 nitrogen and oxygen atoms in total. The summed E-state index contributed by atoms with van der Waals surface area (Å²) in [5.74, 6) is 0.130. The highest BCUT2D eigenvalue weighted by atomic mass is 16.5. The molecule has 12 heteroatoms. The molecule has 4 aromatic heterocycles. The van der Waals surface area contributed by atoms with Gasteiger partial charge < -0.3 is 25.1 Å². The highest BCUT2D eigenvalue weighted by Gasteiger charge is 2.38. The van der Waals surface area contributed by atoms with Gasteiger partial charge in [0, 0.05) is 30.7 Å². The topological polar surface area (TPSA) is 165 Å². The summed E-state index contributed by atoms with van der Waals surface area (Å²) in [5, 5.41) is 20.0. The first-order valence-electron chi connectivity index (χ1n) is 10.8. The number of amides is 1. The Bertz CT molecular complexity index is 1620. The number of benzene rings is 1. The highest BCUT2D eigenvalue weighted by molar-refractivity contribution is 6.05. The molecule has 1 fully saturated rings. The standard InChI is InChI=1S/C23H19N7O5/c24-22-13-1-2-14-18(20(13)35-28-22)16(31)11-15(26-14)19(32)21-23(33)29(9-10-34-21)17-5-8-30(27-17)12-3-6-25-7-4-12/h1-8,11,19,21,32H,9-10H2,(H2,24,28)(H,26,31). The van der Waals surface area contributed by atoms with Crippen LogP contribution in [0.3, 0.4) is 0 Å². The molecule has 5 heterocycles. The van der Waals surface area contributed by atoms with Crippen molar-refractivity contribution < 1.29 is 19.2 Å². The molecule has 1 amide bonds. The number of nitrogens with two attached hydrogens (primary N) is 1. The van der Waals surface area contributed by atoms with Gasteiger partial charge in [-0.3, -0.25) is 19.5 Å². The number of rotatable bonds is 4. The van der Waals surface area contributed by atoms with Crippen molar-refractivity contribution in [1.82, 2.24) is 24.9 Å². The Morgan fingerprint density at radius 2 is 2.00 bits per heavy atom. The van der Waals surface area contributed by atoms with E-state index < -0.39 is 23.5 Å². The van der Waals surface area contributed by atoms with Crippen LogP contribution < -0.4 is 16.1 Å². The van der Waals surface area contributed by atoms with Crippen molar-refractivity contribution in [3.05, 3.63) is 70.9 Å². The van der Waals surface area contributed by atoms with Crippen LogP contribution in [0.2, 0.25) is 0 Å². The van der Waals surface area contributed by atoms with Gasteiger partial charge in [0.1, 0.15) is 6.10 Å². The van der Waals surface area contributed by atoms with Gasteiger partial charge in [-0.1, -0.05) is 5.16 Å². The van der Waals surface area contributed by atoms with Crippen LogP contribution in [-0.2, 0) is 9.53 Å². The predicted octanol–water partition coefficient (Wildman–Crippen LogP) is 1.30. The van der Waals surface area contributed by atoms with Gasteiger partial charge in [-0.15, -0.1) is 5.10 Å². The van der Waals surface area contributed by atoms with Crippen molar-refractivity contribution in [2.75, 3.05) is 23.8 Å². The molecule has 0 bridgehead atoms. The number of nitrogens with one attached hydrogen (secondary N) is 1. The van der Waals surface area contributed by atoms with Gasteiger partial charge in [0.05, 0.1) is 40.8 Å². The van der Waals surface area contributed by atoms with Crippen molar-refractivity contribution in [2.24, 2.45) is 0 Å². The van der Waals surface area contributed by atoms with Gasteiger partial charge in [0.2, 0.25) is 0 Å². The van der Waals surface area contributed by atoms with E-state index in [2.05, 4.69) is 20.2 Å². The van der Waals surface area contributed by atoms with Crippen LogP contribution in [0.4, 0.5) is 11.6 Å². The molecule has 1 aliphatic heterocycles. The zero-order valence-corrected chi connectivity index (χ0v) is 18.2. The number of H-pyrrole nitrogens is 1. The Balaban J connectivity index is 1.31. The number of aliphatic hydroxyl groups is 1. The van der Waals surface area contributed by atoms with E-state index in [0.29, 0.717) is 16.7 Å². The molecule has 0 radical (unpaired) electrons. The Morgan fingerprint density at radius 3 is 2.83 bits per heavy atom. The number of fused-ring (bicyclic) bond motifs is 3. The summed E-state index contributed by atoms with van der Waals surface area (Å²) in [5.41, 5.74) is 6.96. The molecule has 2 unspecified atom stereocenters. The number of hydrogen-bond acceptors (Lipinski definition) is 9. The van der Waals surface area contributed by atoms with E-state index in [4.69, 9.17) is 15.0 Å². The number of morpholine rings is 1. The molecule has 1 aromatic carbocycles. The fraction of sp³-hybridized carbons (Fsp3) is 0.174. The second-order valence-electron chi connectivity index (χ2n) is 8.07. The van der Waals surface area contributed by atoms with Crippen LogP contribution in [0.15, 0.2) is 64.3 Å². The van der Waals surface area contributed by atoms with E-state index >= 15 is 0 Å². The molecule has 2 atom stereocenters. The third kappa shape index (κ3) is 3.43.